The zero-order valence-corrected chi connectivity index (χ0v) is 11.4. The van der Waals surface area contributed by atoms with Crippen molar-refractivity contribution < 1.29 is 19.1 Å². The van der Waals surface area contributed by atoms with Crippen LogP contribution in [0.15, 0.2) is 18.2 Å². The Morgan fingerprint density at radius 3 is 2.63 bits per heavy atom. The predicted molar refractivity (Wildman–Crippen MR) is 69.8 cm³/mol. The van der Waals surface area contributed by atoms with Crippen molar-refractivity contribution >= 4 is 23.5 Å². The average Bonchev–Trinajstić information content (AvgIpc) is 2.32. The van der Waals surface area contributed by atoms with Gasteiger partial charge < -0.3 is 10.0 Å². The Bertz CT molecular complexity index is 493. The van der Waals surface area contributed by atoms with Gasteiger partial charge in [0.25, 0.3) is 5.91 Å². The first kappa shape index (κ1) is 15.4. The van der Waals surface area contributed by atoms with Crippen molar-refractivity contribution in [1.82, 2.24) is 4.90 Å². The van der Waals surface area contributed by atoms with E-state index < -0.39 is 23.7 Å². The number of carboxylic acids is 1. The van der Waals surface area contributed by atoms with Gasteiger partial charge in [0, 0.05) is 17.6 Å². The Morgan fingerprint density at radius 1 is 1.47 bits per heavy atom. The highest BCUT2D eigenvalue weighted by molar-refractivity contribution is 6.31. The van der Waals surface area contributed by atoms with Gasteiger partial charge in [-0.2, -0.15) is 0 Å². The molecule has 0 saturated carbocycles. The molecule has 1 atom stereocenters. The van der Waals surface area contributed by atoms with E-state index >= 15 is 0 Å². The van der Waals surface area contributed by atoms with Gasteiger partial charge in [-0.25, -0.2) is 4.39 Å². The van der Waals surface area contributed by atoms with Crippen molar-refractivity contribution in [3.63, 3.8) is 0 Å². The summed E-state index contributed by atoms with van der Waals surface area (Å²) in [6.07, 6.45) is -0.193. The minimum atomic E-state index is -1.01. The number of rotatable bonds is 5. The van der Waals surface area contributed by atoms with Crippen LogP contribution >= 0.6 is 11.6 Å². The maximum absolute atomic E-state index is 13.6. The van der Waals surface area contributed by atoms with E-state index in [1.54, 1.807) is 13.8 Å². The van der Waals surface area contributed by atoms with Gasteiger partial charge in [-0.05, 0) is 32.0 Å². The van der Waals surface area contributed by atoms with Crippen molar-refractivity contribution in [2.45, 2.75) is 26.3 Å². The molecule has 0 radical (unpaired) electrons. The molecule has 104 valence electrons. The topological polar surface area (TPSA) is 57.6 Å². The van der Waals surface area contributed by atoms with Crippen LogP contribution in [0.4, 0.5) is 4.39 Å². The van der Waals surface area contributed by atoms with Crippen LogP contribution in [0.1, 0.15) is 30.6 Å². The summed E-state index contributed by atoms with van der Waals surface area (Å²) in [5.74, 6) is -2.24. The van der Waals surface area contributed by atoms with E-state index in [1.807, 2.05) is 0 Å². The number of halogens is 2. The molecule has 0 saturated heterocycles. The Kier molecular flexibility index (Phi) is 5.30. The van der Waals surface area contributed by atoms with E-state index in [9.17, 15) is 14.0 Å². The Morgan fingerprint density at radius 2 is 2.11 bits per heavy atom. The third kappa shape index (κ3) is 3.92. The molecule has 0 aliphatic rings. The molecule has 0 spiro atoms. The second kappa shape index (κ2) is 6.52. The Hall–Kier alpha value is -1.62. The van der Waals surface area contributed by atoms with E-state index in [1.165, 1.54) is 17.0 Å². The Balaban J connectivity index is 3.01. The number of carbonyl (C=O) groups is 2. The summed E-state index contributed by atoms with van der Waals surface area (Å²) < 4.78 is 13.6. The highest BCUT2D eigenvalue weighted by Gasteiger charge is 2.24. The summed E-state index contributed by atoms with van der Waals surface area (Å²) in [4.78, 5) is 24.2. The van der Waals surface area contributed by atoms with Crippen molar-refractivity contribution in [3.8, 4) is 0 Å². The number of amides is 1. The van der Waals surface area contributed by atoms with Crippen LogP contribution in [0.2, 0.25) is 5.02 Å². The molecule has 0 heterocycles. The molecule has 1 aromatic rings. The molecule has 4 nitrogen and oxygen atoms in total. The van der Waals surface area contributed by atoms with Crippen molar-refractivity contribution in [2.24, 2.45) is 0 Å². The van der Waals surface area contributed by atoms with E-state index in [0.717, 1.165) is 6.07 Å². The standard InChI is InChI=1S/C13H15ClFNO3/c1-3-16(8(2)6-12(17)18)13(19)10-7-9(14)4-5-11(10)15/h4-5,7-8H,3,6H2,1-2H3,(H,17,18). The minimum Gasteiger partial charge on any atom is -0.481 e. The first-order chi connectivity index (χ1) is 8.86. The number of hydrogen-bond donors (Lipinski definition) is 1. The number of carboxylic acid groups (broad SMARTS) is 1. The largest absolute Gasteiger partial charge is 0.481 e. The van der Waals surface area contributed by atoms with Crippen molar-refractivity contribution in [3.05, 3.63) is 34.6 Å². The summed E-state index contributed by atoms with van der Waals surface area (Å²) in [6, 6.07) is 3.19. The molecule has 0 aliphatic carbocycles. The van der Waals surface area contributed by atoms with E-state index in [2.05, 4.69) is 0 Å². The second-order valence-corrected chi connectivity index (χ2v) is 4.60. The lowest BCUT2D eigenvalue weighted by molar-refractivity contribution is -0.138. The van der Waals surface area contributed by atoms with Crippen LogP contribution in [0.25, 0.3) is 0 Å². The SMILES string of the molecule is CCN(C(=O)c1cc(Cl)ccc1F)C(C)CC(=O)O. The first-order valence-electron chi connectivity index (χ1n) is 5.84. The molecule has 0 fully saturated rings. The summed E-state index contributed by atoms with van der Waals surface area (Å²) in [5.41, 5.74) is -0.147. The normalized spacial score (nSPS) is 12.0. The van der Waals surface area contributed by atoms with Crippen LogP contribution in [0, 0.1) is 5.82 Å². The van der Waals surface area contributed by atoms with Crippen molar-refractivity contribution in [1.29, 1.82) is 0 Å². The van der Waals surface area contributed by atoms with Gasteiger partial charge in [0.05, 0.1) is 12.0 Å². The quantitative estimate of drug-likeness (QED) is 0.906. The number of benzene rings is 1. The molecule has 1 aromatic carbocycles. The molecule has 0 bridgehead atoms. The lowest BCUT2D eigenvalue weighted by Gasteiger charge is -2.27. The summed E-state index contributed by atoms with van der Waals surface area (Å²) in [7, 11) is 0. The molecule has 1 N–H and O–H groups in total. The van der Waals surface area contributed by atoms with Crippen molar-refractivity contribution in [2.75, 3.05) is 6.54 Å². The van der Waals surface area contributed by atoms with Crippen LogP contribution in [-0.2, 0) is 4.79 Å². The molecular formula is C13H15ClFNO3. The van der Waals surface area contributed by atoms with Crippen LogP contribution in [0.3, 0.4) is 0 Å². The van der Waals surface area contributed by atoms with Gasteiger partial charge in [-0.1, -0.05) is 11.6 Å². The number of carbonyl (C=O) groups excluding carboxylic acids is 1. The number of aliphatic carboxylic acids is 1. The number of nitrogens with zero attached hydrogens (tertiary/aromatic N) is 1. The second-order valence-electron chi connectivity index (χ2n) is 4.16. The smallest absolute Gasteiger partial charge is 0.305 e. The monoisotopic (exact) mass is 287 g/mol. The van der Waals surface area contributed by atoms with Gasteiger partial charge in [-0.3, -0.25) is 9.59 Å². The predicted octanol–water partition coefficient (Wildman–Crippen LogP) is 2.80. The zero-order valence-electron chi connectivity index (χ0n) is 10.7. The van der Waals surface area contributed by atoms with E-state index in [4.69, 9.17) is 16.7 Å². The summed E-state index contributed by atoms with van der Waals surface area (Å²) in [6.45, 7) is 3.61. The summed E-state index contributed by atoms with van der Waals surface area (Å²) in [5, 5.41) is 9.00. The maximum Gasteiger partial charge on any atom is 0.305 e. The lowest BCUT2D eigenvalue weighted by atomic mass is 10.1. The average molecular weight is 288 g/mol. The first-order valence-corrected chi connectivity index (χ1v) is 6.22. The maximum atomic E-state index is 13.6. The third-order valence-corrected chi connectivity index (χ3v) is 3.00. The molecule has 6 heteroatoms. The fourth-order valence-electron chi connectivity index (χ4n) is 1.83. The molecule has 19 heavy (non-hydrogen) atoms. The van der Waals surface area contributed by atoms with E-state index in [0.29, 0.717) is 6.54 Å². The zero-order chi connectivity index (χ0) is 14.6. The highest BCUT2D eigenvalue weighted by atomic mass is 35.5. The lowest BCUT2D eigenvalue weighted by Crippen LogP contribution is -2.40. The van der Waals surface area contributed by atoms with Gasteiger partial charge in [0.2, 0.25) is 0 Å². The van der Waals surface area contributed by atoms with Crippen LogP contribution < -0.4 is 0 Å². The minimum absolute atomic E-state index is 0.147. The fraction of sp³-hybridized carbons (Fsp3) is 0.385. The molecule has 1 amide bonds. The van der Waals surface area contributed by atoms with Gasteiger partial charge in [-0.15, -0.1) is 0 Å². The van der Waals surface area contributed by atoms with Crippen LogP contribution in [0.5, 0.6) is 0 Å². The third-order valence-electron chi connectivity index (χ3n) is 2.76. The molecular weight excluding hydrogens is 273 g/mol. The molecule has 0 aliphatic heterocycles. The van der Waals surface area contributed by atoms with Gasteiger partial charge in [0.1, 0.15) is 5.82 Å². The fourth-order valence-corrected chi connectivity index (χ4v) is 2.01. The Labute approximate surface area is 115 Å². The molecule has 0 aromatic heterocycles. The summed E-state index contributed by atoms with van der Waals surface area (Å²) >= 11 is 5.74. The highest BCUT2D eigenvalue weighted by Crippen LogP contribution is 2.18. The van der Waals surface area contributed by atoms with E-state index in [-0.39, 0.29) is 17.0 Å². The molecule has 1 rings (SSSR count). The van der Waals surface area contributed by atoms with Crippen LogP contribution in [-0.4, -0.2) is 34.5 Å². The van der Waals surface area contributed by atoms with Gasteiger partial charge in [0.15, 0.2) is 0 Å². The molecule has 1 unspecified atom stereocenters. The number of hydrogen-bond acceptors (Lipinski definition) is 2. The van der Waals surface area contributed by atoms with Gasteiger partial charge >= 0.3 is 5.97 Å².